The summed E-state index contributed by atoms with van der Waals surface area (Å²) in [5, 5.41) is 3.59. The van der Waals surface area contributed by atoms with Gasteiger partial charge in [0.15, 0.2) is 0 Å². The maximum absolute atomic E-state index is 12.0. The van der Waals surface area contributed by atoms with E-state index in [-0.39, 0.29) is 5.91 Å². The van der Waals surface area contributed by atoms with Gasteiger partial charge >= 0.3 is 0 Å². The Hall–Kier alpha value is -1.07. The van der Waals surface area contributed by atoms with Crippen LogP contribution >= 0.6 is 34.2 Å². The van der Waals surface area contributed by atoms with E-state index in [0.29, 0.717) is 17.1 Å². The lowest BCUT2D eigenvalue weighted by Crippen LogP contribution is -2.23. The van der Waals surface area contributed by atoms with Gasteiger partial charge in [0.05, 0.1) is 5.56 Å². The topological polar surface area (TPSA) is 29.1 Å². The molecule has 0 fully saturated rings. The van der Waals surface area contributed by atoms with Crippen LogP contribution in [0.15, 0.2) is 48.5 Å². The predicted molar refractivity (Wildman–Crippen MR) is 81.8 cm³/mol. The standard InChI is InChI=1S/C14H11ClINO/c15-11-7-5-10(6-8-11)9-17-14(18)12-3-1-2-4-13(12)16/h1-8H,9H2,(H,17,18). The third kappa shape index (κ3) is 3.46. The van der Waals surface area contributed by atoms with Crippen LogP contribution in [-0.4, -0.2) is 5.91 Å². The average Bonchev–Trinajstić information content (AvgIpc) is 2.38. The molecule has 18 heavy (non-hydrogen) atoms. The monoisotopic (exact) mass is 371 g/mol. The van der Waals surface area contributed by atoms with Gasteiger partial charge in [-0.2, -0.15) is 0 Å². The van der Waals surface area contributed by atoms with Crippen molar-refractivity contribution in [1.82, 2.24) is 5.32 Å². The summed E-state index contributed by atoms with van der Waals surface area (Å²) in [4.78, 5) is 12.0. The Morgan fingerprint density at radius 1 is 1.11 bits per heavy atom. The molecule has 2 nitrogen and oxygen atoms in total. The molecule has 0 heterocycles. The van der Waals surface area contributed by atoms with Crippen molar-refractivity contribution >= 4 is 40.1 Å². The van der Waals surface area contributed by atoms with E-state index in [9.17, 15) is 4.79 Å². The van der Waals surface area contributed by atoms with Gasteiger partial charge in [-0.25, -0.2) is 0 Å². The second-order valence-electron chi connectivity index (χ2n) is 3.79. The van der Waals surface area contributed by atoms with E-state index in [0.717, 1.165) is 9.13 Å². The highest BCUT2D eigenvalue weighted by Crippen LogP contribution is 2.12. The fourth-order valence-electron chi connectivity index (χ4n) is 1.53. The molecule has 1 amide bonds. The van der Waals surface area contributed by atoms with Crippen molar-refractivity contribution in [1.29, 1.82) is 0 Å². The molecule has 0 saturated heterocycles. The molecule has 0 radical (unpaired) electrons. The zero-order valence-corrected chi connectivity index (χ0v) is 12.4. The van der Waals surface area contributed by atoms with Gasteiger partial charge in [-0.3, -0.25) is 4.79 Å². The molecule has 0 bridgehead atoms. The molecule has 0 unspecified atom stereocenters. The minimum Gasteiger partial charge on any atom is -0.348 e. The largest absolute Gasteiger partial charge is 0.348 e. The van der Waals surface area contributed by atoms with Gasteiger partial charge in [0.25, 0.3) is 5.91 Å². The molecule has 0 atom stereocenters. The third-order valence-electron chi connectivity index (χ3n) is 2.48. The number of hydrogen-bond acceptors (Lipinski definition) is 1. The Morgan fingerprint density at radius 3 is 2.44 bits per heavy atom. The molecule has 2 rings (SSSR count). The first-order valence-electron chi connectivity index (χ1n) is 5.44. The lowest BCUT2D eigenvalue weighted by atomic mass is 10.2. The summed E-state index contributed by atoms with van der Waals surface area (Å²) in [6.07, 6.45) is 0. The smallest absolute Gasteiger partial charge is 0.252 e. The van der Waals surface area contributed by atoms with Gasteiger partial charge in [0.2, 0.25) is 0 Å². The second kappa shape index (κ2) is 6.20. The van der Waals surface area contributed by atoms with Crippen LogP contribution in [0.25, 0.3) is 0 Å². The van der Waals surface area contributed by atoms with Gasteiger partial charge in [-0.15, -0.1) is 0 Å². The van der Waals surface area contributed by atoms with Gasteiger partial charge in [-0.1, -0.05) is 35.9 Å². The summed E-state index contributed by atoms with van der Waals surface area (Å²) in [6, 6.07) is 14.9. The molecule has 2 aromatic carbocycles. The maximum atomic E-state index is 12.0. The number of halogens is 2. The summed E-state index contributed by atoms with van der Waals surface area (Å²) >= 11 is 7.96. The van der Waals surface area contributed by atoms with Gasteiger partial charge in [0, 0.05) is 15.1 Å². The molecule has 0 spiro atoms. The lowest BCUT2D eigenvalue weighted by Gasteiger charge is -2.07. The van der Waals surface area contributed by atoms with Crippen molar-refractivity contribution in [3.05, 3.63) is 68.3 Å². The SMILES string of the molecule is O=C(NCc1ccc(Cl)cc1)c1ccccc1I. The first-order valence-corrected chi connectivity index (χ1v) is 6.89. The Labute approximate surface area is 124 Å². The molecule has 0 saturated carbocycles. The van der Waals surface area contributed by atoms with E-state index in [1.54, 1.807) is 0 Å². The molecule has 0 aliphatic rings. The Bertz CT molecular complexity index is 554. The van der Waals surface area contributed by atoms with E-state index >= 15 is 0 Å². The molecular weight excluding hydrogens is 361 g/mol. The number of rotatable bonds is 3. The van der Waals surface area contributed by atoms with Crippen LogP contribution in [0.3, 0.4) is 0 Å². The Kier molecular flexibility index (Phi) is 4.60. The van der Waals surface area contributed by atoms with Crippen LogP contribution in [0.2, 0.25) is 5.02 Å². The molecule has 92 valence electrons. The summed E-state index contributed by atoms with van der Waals surface area (Å²) in [6.45, 7) is 0.501. The molecular formula is C14H11ClINO. The van der Waals surface area contributed by atoms with Crippen molar-refractivity contribution in [2.24, 2.45) is 0 Å². The van der Waals surface area contributed by atoms with Gasteiger partial charge < -0.3 is 5.32 Å². The van der Waals surface area contributed by atoms with E-state index in [1.807, 2.05) is 48.5 Å². The molecule has 4 heteroatoms. The van der Waals surface area contributed by atoms with Crippen molar-refractivity contribution in [3.8, 4) is 0 Å². The highest BCUT2D eigenvalue weighted by atomic mass is 127. The van der Waals surface area contributed by atoms with E-state index in [4.69, 9.17) is 11.6 Å². The molecule has 1 N–H and O–H groups in total. The molecule has 0 aliphatic carbocycles. The fraction of sp³-hybridized carbons (Fsp3) is 0.0714. The number of carbonyl (C=O) groups excluding carboxylic acids is 1. The van der Waals surface area contributed by atoms with Crippen molar-refractivity contribution in [2.75, 3.05) is 0 Å². The summed E-state index contributed by atoms with van der Waals surface area (Å²) in [5.74, 6) is -0.0602. The Morgan fingerprint density at radius 2 is 1.78 bits per heavy atom. The molecule has 0 aromatic heterocycles. The summed E-state index contributed by atoms with van der Waals surface area (Å²) in [5.41, 5.74) is 1.73. The number of amides is 1. The molecule has 0 aliphatic heterocycles. The van der Waals surface area contributed by atoms with Crippen molar-refractivity contribution in [2.45, 2.75) is 6.54 Å². The van der Waals surface area contributed by atoms with Gasteiger partial charge in [-0.05, 0) is 52.4 Å². The van der Waals surface area contributed by atoms with E-state index in [1.165, 1.54) is 0 Å². The van der Waals surface area contributed by atoms with Crippen molar-refractivity contribution in [3.63, 3.8) is 0 Å². The lowest BCUT2D eigenvalue weighted by molar-refractivity contribution is 0.0950. The second-order valence-corrected chi connectivity index (χ2v) is 5.39. The van der Waals surface area contributed by atoms with Crippen molar-refractivity contribution < 1.29 is 4.79 Å². The third-order valence-corrected chi connectivity index (χ3v) is 3.68. The van der Waals surface area contributed by atoms with Crippen LogP contribution in [-0.2, 0) is 6.54 Å². The Balaban J connectivity index is 2.01. The quantitative estimate of drug-likeness (QED) is 0.815. The highest BCUT2D eigenvalue weighted by molar-refractivity contribution is 14.1. The summed E-state index contributed by atoms with van der Waals surface area (Å²) < 4.78 is 0.948. The van der Waals surface area contributed by atoms with Crippen LogP contribution in [0.4, 0.5) is 0 Å². The predicted octanol–water partition coefficient (Wildman–Crippen LogP) is 3.87. The van der Waals surface area contributed by atoms with Crippen LogP contribution < -0.4 is 5.32 Å². The van der Waals surface area contributed by atoms with Gasteiger partial charge in [0.1, 0.15) is 0 Å². The minimum absolute atomic E-state index is 0.0602. The van der Waals surface area contributed by atoms with Crippen LogP contribution in [0.1, 0.15) is 15.9 Å². The number of nitrogens with one attached hydrogen (secondary N) is 1. The highest BCUT2D eigenvalue weighted by Gasteiger charge is 2.08. The zero-order chi connectivity index (χ0) is 13.0. The maximum Gasteiger partial charge on any atom is 0.252 e. The van der Waals surface area contributed by atoms with E-state index < -0.39 is 0 Å². The fourth-order valence-corrected chi connectivity index (χ4v) is 2.28. The van der Waals surface area contributed by atoms with E-state index in [2.05, 4.69) is 27.9 Å². The number of benzene rings is 2. The number of hydrogen-bond donors (Lipinski definition) is 1. The number of carbonyl (C=O) groups is 1. The van der Waals surface area contributed by atoms with Crippen LogP contribution in [0.5, 0.6) is 0 Å². The summed E-state index contributed by atoms with van der Waals surface area (Å²) in [7, 11) is 0. The molecule has 2 aromatic rings. The first kappa shape index (κ1) is 13.4. The van der Waals surface area contributed by atoms with Crippen LogP contribution in [0, 0.1) is 3.57 Å². The average molecular weight is 372 g/mol. The first-order chi connectivity index (χ1) is 8.66. The zero-order valence-electron chi connectivity index (χ0n) is 9.49. The normalized spacial score (nSPS) is 10.1. The minimum atomic E-state index is -0.0602.